The van der Waals surface area contributed by atoms with Gasteiger partial charge in [-0.1, -0.05) is 11.6 Å². The van der Waals surface area contributed by atoms with Gasteiger partial charge in [0.2, 0.25) is 5.91 Å². The van der Waals surface area contributed by atoms with Crippen molar-refractivity contribution in [3.05, 3.63) is 63.2 Å². The third-order valence-electron chi connectivity index (χ3n) is 3.76. The highest BCUT2D eigenvalue weighted by molar-refractivity contribution is 6.32. The number of rotatable bonds is 5. The van der Waals surface area contributed by atoms with Gasteiger partial charge in [-0.25, -0.2) is 0 Å². The van der Waals surface area contributed by atoms with Crippen molar-refractivity contribution in [3.63, 3.8) is 0 Å². The SMILES string of the molecule is O=C(Nc1ccc(NC(=O)C2CC2)cc1)c1ccc(Cl)c([N+](=O)[O-])c1. The van der Waals surface area contributed by atoms with Crippen LogP contribution in [-0.2, 0) is 4.79 Å². The third-order valence-corrected chi connectivity index (χ3v) is 4.08. The second-order valence-electron chi connectivity index (χ2n) is 5.72. The summed E-state index contributed by atoms with van der Waals surface area (Å²) < 4.78 is 0. The number of nitro benzene ring substituents is 1. The fourth-order valence-electron chi connectivity index (χ4n) is 2.22. The molecule has 25 heavy (non-hydrogen) atoms. The molecule has 3 rings (SSSR count). The zero-order valence-electron chi connectivity index (χ0n) is 13.0. The number of hydrogen-bond donors (Lipinski definition) is 2. The Bertz CT molecular complexity index is 847. The monoisotopic (exact) mass is 359 g/mol. The van der Waals surface area contributed by atoms with E-state index in [-0.39, 0.29) is 28.1 Å². The zero-order chi connectivity index (χ0) is 18.0. The number of benzene rings is 2. The predicted molar refractivity (Wildman–Crippen MR) is 93.9 cm³/mol. The van der Waals surface area contributed by atoms with Crippen LogP contribution in [0, 0.1) is 16.0 Å². The van der Waals surface area contributed by atoms with E-state index in [0.717, 1.165) is 18.9 Å². The largest absolute Gasteiger partial charge is 0.326 e. The highest BCUT2D eigenvalue weighted by atomic mass is 35.5. The van der Waals surface area contributed by atoms with E-state index in [0.29, 0.717) is 11.4 Å². The van der Waals surface area contributed by atoms with Crippen LogP contribution >= 0.6 is 11.6 Å². The molecule has 1 aliphatic carbocycles. The van der Waals surface area contributed by atoms with Crippen LogP contribution in [-0.4, -0.2) is 16.7 Å². The second kappa shape index (κ2) is 6.90. The van der Waals surface area contributed by atoms with Crippen LogP contribution in [0.3, 0.4) is 0 Å². The lowest BCUT2D eigenvalue weighted by Gasteiger charge is -2.08. The Balaban J connectivity index is 1.67. The van der Waals surface area contributed by atoms with Gasteiger partial charge in [0.05, 0.1) is 4.92 Å². The molecule has 2 N–H and O–H groups in total. The molecule has 0 atom stereocenters. The van der Waals surface area contributed by atoms with Gasteiger partial charge in [0.25, 0.3) is 11.6 Å². The number of halogens is 1. The van der Waals surface area contributed by atoms with Gasteiger partial charge in [-0.05, 0) is 49.2 Å². The van der Waals surface area contributed by atoms with Crippen LogP contribution < -0.4 is 10.6 Å². The first-order valence-corrected chi connectivity index (χ1v) is 7.98. The maximum atomic E-state index is 12.2. The number of anilines is 2. The van der Waals surface area contributed by atoms with Gasteiger partial charge in [0.15, 0.2) is 0 Å². The molecule has 128 valence electrons. The molecule has 0 spiro atoms. The van der Waals surface area contributed by atoms with Crippen molar-refractivity contribution in [2.75, 3.05) is 10.6 Å². The Morgan fingerprint density at radius 3 is 2.20 bits per heavy atom. The third kappa shape index (κ3) is 4.13. The summed E-state index contributed by atoms with van der Waals surface area (Å²) in [6.45, 7) is 0. The van der Waals surface area contributed by atoms with Crippen molar-refractivity contribution in [1.29, 1.82) is 0 Å². The van der Waals surface area contributed by atoms with E-state index in [1.807, 2.05) is 0 Å². The molecule has 0 aromatic heterocycles. The van der Waals surface area contributed by atoms with Gasteiger partial charge in [0, 0.05) is 28.9 Å². The zero-order valence-corrected chi connectivity index (χ0v) is 13.7. The molecule has 1 aliphatic rings. The predicted octanol–water partition coefficient (Wildman–Crippen LogP) is 3.85. The molecule has 0 unspecified atom stereocenters. The molecule has 7 nitrogen and oxygen atoms in total. The first-order valence-electron chi connectivity index (χ1n) is 7.60. The Morgan fingerprint density at radius 2 is 1.64 bits per heavy atom. The molecule has 0 bridgehead atoms. The van der Waals surface area contributed by atoms with E-state index in [4.69, 9.17) is 11.6 Å². The number of hydrogen-bond acceptors (Lipinski definition) is 4. The van der Waals surface area contributed by atoms with Crippen molar-refractivity contribution >= 4 is 40.5 Å². The maximum absolute atomic E-state index is 12.2. The highest BCUT2D eigenvalue weighted by Crippen LogP contribution is 2.30. The first kappa shape index (κ1) is 16.9. The topological polar surface area (TPSA) is 101 Å². The molecule has 2 amide bonds. The van der Waals surface area contributed by atoms with Crippen molar-refractivity contribution in [2.45, 2.75) is 12.8 Å². The summed E-state index contributed by atoms with van der Waals surface area (Å²) in [7, 11) is 0. The lowest BCUT2D eigenvalue weighted by molar-refractivity contribution is -0.384. The summed E-state index contributed by atoms with van der Waals surface area (Å²) in [5, 5.41) is 16.3. The van der Waals surface area contributed by atoms with Crippen LogP contribution in [0.1, 0.15) is 23.2 Å². The fraction of sp³-hybridized carbons (Fsp3) is 0.176. The number of nitrogens with one attached hydrogen (secondary N) is 2. The molecule has 0 heterocycles. The molecular formula is C17H14ClN3O4. The van der Waals surface area contributed by atoms with Gasteiger partial charge >= 0.3 is 0 Å². The summed E-state index contributed by atoms with van der Waals surface area (Å²) in [6, 6.07) is 10.5. The van der Waals surface area contributed by atoms with Crippen LogP contribution in [0.15, 0.2) is 42.5 Å². The molecule has 0 saturated heterocycles. The minimum atomic E-state index is -0.642. The minimum absolute atomic E-state index is 0.00487. The van der Waals surface area contributed by atoms with E-state index in [9.17, 15) is 19.7 Å². The first-order chi connectivity index (χ1) is 11.9. The van der Waals surface area contributed by atoms with Gasteiger partial charge in [0.1, 0.15) is 5.02 Å². The Labute approximate surface area is 148 Å². The number of carbonyl (C=O) groups is 2. The van der Waals surface area contributed by atoms with Crippen LogP contribution in [0.2, 0.25) is 5.02 Å². The molecule has 0 radical (unpaired) electrons. The van der Waals surface area contributed by atoms with Crippen LogP contribution in [0.25, 0.3) is 0 Å². The smallest absolute Gasteiger partial charge is 0.288 e. The average molecular weight is 360 g/mol. The Hall–Kier alpha value is -2.93. The normalized spacial score (nSPS) is 13.2. The van der Waals surface area contributed by atoms with E-state index < -0.39 is 10.8 Å². The number of nitrogens with zero attached hydrogens (tertiary/aromatic N) is 1. The molecule has 1 saturated carbocycles. The van der Waals surface area contributed by atoms with E-state index >= 15 is 0 Å². The van der Waals surface area contributed by atoms with Crippen molar-refractivity contribution in [3.8, 4) is 0 Å². The second-order valence-corrected chi connectivity index (χ2v) is 6.13. The quantitative estimate of drug-likeness (QED) is 0.625. The molecule has 8 heteroatoms. The lowest BCUT2D eigenvalue weighted by Crippen LogP contribution is -2.14. The summed E-state index contributed by atoms with van der Waals surface area (Å²) in [5.41, 5.74) is 0.957. The van der Waals surface area contributed by atoms with Crippen LogP contribution in [0.5, 0.6) is 0 Å². The number of nitro groups is 1. The Morgan fingerprint density at radius 1 is 1.04 bits per heavy atom. The molecule has 0 aliphatic heterocycles. The summed E-state index contributed by atoms with van der Waals surface area (Å²) >= 11 is 5.73. The standard InChI is InChI=1S/C17H14ClN3O4/c18-14-8-3-11(9-15(14)21(24)25)17(23)20-13-6-4-12(5-7-13)19-16(22)10-1-2-10/h3-10H,1-2H2,(H,19,22)(H,20,23). The van der Waals surface area contributed by atoms with E-state index in [2.05, 4.69) is 10.6 Å². The number of carbonyl (C=O) groups excluding carboxylic acids is 2. The molecule has 2 aromatic carbocycles. The van der Waals surface area contributed by atoms with Gasteiger partial charge in [-0.15, -0.1) is 0 Å². The molecule has 2 aromatic rings. The van der Waals surface area contributed by atoms with Crippen molar-refractivity contribution in [1.82, 2.24) is 0 Å². The van der Waals surface area contributed by atoms with E-state index in [1.165, 1.54) is 12.1 Å². The maximum Gasteiger partial charge on any atom is 0.288 e. The van der Waals surface area contributed by atoms with E-state index in [1.54, 1.807) is 24.3 Å². The number of amides is 2. The average Bonchev–Trinajstić information content (AvgIpc) is 3.41. The summed E-state index contributed by atoms with van der Waals surface area (Å²) in [4.78, 5) is 34.1. The van der Waals surface area contributed by atoms with Crippen molar-refractivity contribution in [2.24, 2.45) is 5.92 Å². The minimum Gasteiger partial charge on any atom is -0.326 e. The molecule has 1 fully saturated rings. The van der Waals surface area contributed by atoms with Gasteiger partial charge < -0.3 is 10.6 Å². The summed E-state index contributed by atoms with van der Waals surface area (Å²) in [5.74, 6) is -0.375. The lowest BCUT2D eigenvalue weighted by atomic mass is 10.2. The Kier molecular flexibility index (Phi) is 4.67. The van der Waals surface area contributed by atoms with Gasteiger partial charge in [-0.3, -0.25) is 19.7 Å². The van der Waals surface area contributed by atoms with Crippen LogP contribution in [0.4, 0.5) is 17.1 Å². The highest BCUT2D eigenvalue weighted by Gasteiger charge is 2.29. The fourth-order valence-corrected chi connectivity index (χ4v) is 2.41. The summed E-state index contributed by atoms with van der Waals surface area (Å²) in [6.07, 6.45) is 1.85. The van der Waals surface area contributed by atoms with Gasteiger partial charge in [-0.2, -0.15) is 0 Å². The molecular weight excluding hydrogens is 346 g/mol. The van der Waals surface area contributed by atoms with Crippen molar-refractivity contribution < 1.29 is 14.5 Å².